The van der Waals surface area contributed by atoms with E-state index in [4.69, 9.17) is 0 Å². The summed E-state index contributed by atoms with van der Waals surface area (Å²) in [4.78, 5) is 2.49. The molecule has 0 bridgehead atoms. The monoisotopic (exact) mass is 179 g/mol. The third kappa shape index (κ3) is 2.31. The van der Waals surface area contributed by atoms with Crippen molar-refractivity contribution < 1.29 is 0 Å². The first-order valence-electron chi connectivity index (χ1n) is 5.03. The minimum absolute atomic E-state index is 0.868. The molecule has 13 heavy (non-hydrogen) atoms. The molecule has 2 heterocycles. The molecule has 3 nitrogen and oxygen atoms in total. The molecule has 1 unspecified atom stereocenters. The highest BCUT2D eigenvalue weighted by molar-refractivity contribution is 5.88. The van der Waals surface area contributed by atoms with Crippen LogP contribution < -0.4 is 5.43 Å². The zero-order valence-corrected chi connectivity index (χ0v) is 8.16. The average Bonchev–Trinajstić information content (AvgIpc) is 2.53. The van der Waals surface area contributed by atoms with Gasteiger partial charge >= 0.3 is 0 Å². The van der Waals surface area contributed by atoms with Crippen LogP contribution in [0.5, 0.6) is 0 Å². The lowest BCUT2D eigenvalue weighted by Crippen LogP contribution is -2.29. The fraction of sp³-hybridized carbons (Fsp3) is 0.700. The fourth-order valence-corrected chi connectivity index (χ4v) is 1.95. The molecule has 2 aliphatic rings. The number of rotatable bonds is 2. The van der Waals surface area contributed by atoms with E-state index in [1.165, 1.54) is 25.2 Å². The van der Waals surface area contributed by atoms with E-state index in [-0.39, 0.29) is 0 Å². The fourth-order valence-electron chi connectivity index (χ4n) is 1.95. The Morgan fingerprint density at radius 3 is 3.23 bits per heavy atom. The first-order chi connectivity index (χ1) is 6.34. The van der Waals surface area contributed by atoms with Gasteiger partial charge in [0.1, 0.15) is 0 Å². The number of nitrogens with one attached hydrogen (secondary N) is 1. The summed E-state index contributed by atoms with van der Waals surface area (Å²) in [6, 6.07) is 0. The Balaban J connectivity index is 1.81. The van der Waals surface area contributed by atoms with Crippen LogP contribution in [-0.2, 0) is 0 Å². The lowest BCUT2D eigenvalue weighted by molar-refractivity contribution is 0.372. The number of allylic oxidation sites excluding steroid dienone is 1. The van der Waals surface area contributed by atoms with Gasteiger partial charge in [-0.1, -0.05) is 13.0 Å². The number of hydrogen-bond donors (Lipinski definition) is 1. The number of nitrogens with zero attached hydrogens (tertiary/aromatic N) is 2. The van der Waals surface area contributed by atoms with Gasteiger partial charge in [-0.15, -0.1) is 0 Å². The van der Waals surface area contributed by atoms with E-state index >= 15 is 0 Å². The Bertz CT molecular complexity index is 232. The molecule has 1 fully saturated rings. The second-order valence-electron chi connectivity index (χ2n) is 4.04. The van der Waals surface area contributed by atoms with Crippen molar-refractivity contribution in [3.63, 3.8) is 0 Å². The van der Waals surface area contributed by atoms with Crippen LogP contribution in [0.3, 0.4) is 0 Å². The van der Waals surface area contributed by atoms with Gasteiger partial charge in [-0.2, -0.15) is 5.10 Å². The Kier molecular flexibility index (Phi) is 2.64. The van der Waals surface area contributed by atoms with Crippen LogP contribution in [0, 0.1) is 5.92 Å². The Hall–Kier alpha value is -0.830. The molecule has 0 radical (unpaired) electrons. The number of likely N-dealkylation sites (tertiary alicyclic amines) is 1. The van der Waals surface area contributed by atoms with Crippen molar-refractivity contribution in [3.8, 4) is 0 Å². The van der Waals surface area contributed by atoms with E-state index in [9.17, 15) is 0 Å². The molecule has 2 rings (SSSR count). The molecular formula is C10H17N3. The zero-order valence-electron chi connectivity index (χ0n) is 8.16. The predicted molar refractivity (Wildman–Crippen MR) is 54.5 cm³/mol. The summed E-state index contributed by atoms with van der Waals surface area (Å²) in [5, 5.41) is 4.26. The molecule has 0 spiro atoms. The molecule has 0 amide bonds. The summed E-state index contributed by atoms with van der Waals surface area (Å²) < 4.78 is 0. The molecular weight excluding hydrogens is 162 g/mol. The maximum Gasteiger partial charge on any atom is 0.0560 e. The predicted octanol–water partition coefficient (Wildman–Crippen LogP) is 1.19. The van der Waals surface area contributed by atoms with Crippen LogP contribution in [0.1, 0.15) is 19.8 Å². The molecule has 0 saturated carbocycles. The first-order valence-corrected chi connectivity index (χ1v) is 5.03. The van der Waals surface area contributed by atoms with Crippen LogP contribution in [0.2, 0.25) is 0 Å². The lowest BCUT2D eigenvalue weighted by atomic mass is 10.2. The largest absolute Gasteiger partial charge is 0.297 e. The molecule has 72 valence electrons. The first kappa shape index (κ1) is 8.75. The van der Waals surface area contributed by atoms with E-state index in [1.807, 2.05) is 6.20 Å². The smallest absolute Gasteiger partial charge is 0.0560 e. The van der Waals surface area contributed by atoms with Crippen molar-refractivity contribution in [1.82, 2.24) is 10.3 Å². The zero-order chi connectivity index (χ0) is 9.10. The van der Waals surface area contributed by atoms with Gasteiger partial charge in [0.25, 0.3) is 0 Å². The topological polar surface area (TPSA) is 27.6 Å². The molecule has 1 saturated heterocycles. The summed E-state index contributed by atoms with van der Waals surface area (Å²) in [6.45, 7) is 5.84. The normalized spacial score (nSPS) is 28.7. The van der Waals surface area contributed by atoms with Crippen LogP contribution in [0.15, 0.2) is 17.4 Å². The summed E-state index contributed by atoms with van der Waals surface area (Å²) in [5.74, 6) is 0.868. The van der Waals surface area contributed by atoms with Crippen LogP contribution in [0.4, 0.5) is 0 Å². The highest BCUT2D eigenvalue weighted by Crippen LogP contribution is 2.15. The minimum atomic E-state index is 0.868. The summed E-state index contributed by atoms with van der Waals surface area (Å²) in [6.07, 6.45) is 6.38. The van der Waals surface area contributed by atoms with Gasteiger partial charge in [0, 0.05) is 25.7 Å². The van der Waals surface area contributed by atoms with Gasteiger partial charge in [-0.05, 0) is 18.9 Å². The van der Waals surface area contributed by atoms with Crippen molar-refractivity contribution in [2.45, 2.75) is 19.8 Å². The van der Waals surface area contributed by atoms with E-state index in [2.05, 4.69) is 28.4 Å². The molecule has 0 aromatic rings. The van der Waals surface area contributed by atoms with Gasteiger partial charge in [0.05, 0.1) is 5.71 Å². The van der Waals surface area contributed by atoms with Gasteiger partial charge in [0.2, 0.25) is 0 Å². The van der Waals surface area contributed by atoms with Gasteiger partial charge in [-0.25, -0.2) is 0 Å². The molecule has 2 aliphatic heterocycles. The van der Waals surface area contributed by atoms with Crippen molar-refractivity contribution in [1.29, 1.82) is 0 Å². The highest BCUT2D eigenvalue weighted by atomic mass is 15.3. The second kappa shape index (κ2) is 3.92. The van der Waals surface area contributed by atoms with Crippen molar-refractivity contribution in [3.05, 3.63) is 12.3 Å². The summed E-state index contributed by atoms with van der Waals surface area (Å²) in [5.41, 5.74) is 4.16. The van der Waals surface area contributed by atoms with Gasteiger partial charge in [0.15, 0.2) is 0 Å². The van der Waals surface area contributed by atoms with Crippen molar-refractivity contribution in [2.75, 3.05) is 19.6 Å². The third-order valence-corrected chi connectivity index (χ3v) is 2.68. The Labute approximate surface area is 79.5 Å². The van der Waals surface area contributed by atoms with E-state index in [0.29, 0.717) is 0 Å². The number of hydrogen-bond acceptors (Lipinski definition) is 3. The Morgan fingerprint density at radius 2 is 2.62 bits per heavy atom. The minimum Gasteiger partial charge on any atom is -0.297 e. The van der Waals surface area contributed by atoms with E-state index in [0.717, 1.165) is 18.9 Å². The molecule has 1 N–H and O–H groups in total. The summed E-state index contributed by atoms with van der Waals surface area (Å²) >= 11 is 0. The van der Waals surface area contributed by atoms with Crippen molar-refractivity contribution >= 4 is 5.71 Å². The second-order valence-corrected chi connectivity index (χ2v) is 4.04. The van der Waals surface area contributed by atoms with Crippen LogP contribution in [0.25, 0.3) is 0 Å². The quantitative estimate of drug-likeness (QED) is 0.689. The summed E-state index contributed by atoms with van der Waals surface area (Å²) in [7, 11) is 0. The van der Waals surface area contributed by atoms with Gasteiger partial charge in [-0.3, -0.25) is 10.3 Å². The average molecular weight is 179 g/mol. The molecule has 3 heteroatoms. The van der Waals surface area contributed by atoms with E-state index in [1.54, 1.807) is 0 Å². The van der Waals surface area contributed by atoms with Crippen molar-refractivity contribution in [2.24, 2.45) is 11.0 Å². The third-order valence-electron chi connectivity index (χ3n) is 2.68. The van der Waals surface area contributed by atoms with E-state index < -0.39 is 0 Å². The SMILES string of the molecule is CC1CCN(CC2=NNC=CC2)C1. The molecule has 0 aromatic heterocycles. The lowest BCUT2D eigenvalue weighted by Gasteiger charge is -2.17. The maximum absolute atomic E-state index is 4.26. The van der Waals surface area contributed by atoms with Gasteiger partial charge < -0.3 is 0 Å². The number of hydrazone groups is 1. The molecule has 0 aromatic carbocycles. The maximum atomic E-state index is 4.26. The molecule has 1 atom stereocenters. The Morgan fingerprint density at radius 1 is 1.69 bits per heavy atom. The standard InChI is InChI=1S/C10H17N3/c1-9-4-6-13(7-9)8-10-3-2-5-11-12-10/h2,5,9,11H,3-4,6-8H2,1H3. The highest BCUT2D eigenvalue weighted by Gasteiger charge is 2.19. The van der Waals surface area contributed by atoms with Crippen LogP contribution in [-0.4, -0.2) is 30.2 Å². The molecule has 0 aliphatic carbocycles. The van der Waals surface area contributed by atoms with Crippen LogP contribution >= 0.6 is 0 Å².